The van der Waals surface area contributed by atoms with Crippen LogP contribution in [0.4, 0.5) is 0 Å². The van der Waals surface area contributed by atoms with Crippen LogP contribution in [0.15, 0.2) is 22.8 Å². The normalized spacial score (nSPS) is 16.9. The van der Waals surface area contributed by atoms with Crippen molar-refractivity contribution in [3.63, 3.8) is 0 Å². The third-order valence-electron chi connectivity index (χ3n) is 4.57. The number of nitrogens with zero attached hydrogens (tertiary/aromatic N) is 2. The summed E-state index contributed by atoms with van der Waals surface area (Å²) in [6.45, 7) is 10.6. The molecule has 0 unspecified atom stereocenters. The first-order valence-corrected chi connectivity index (χ1v) is 10.0. The van der Waals surface area contributed by atoms with Crippen molar-refractivity contribution in [2.75, 3.05) is 26.2 Å². The number of carbonyl (C=O) groups is 2. The molecule has 1 aliphatic heterocycles. The Morgan fingerprint density at radius 3 is 2.48 bits per heavy atom. The van der Waals surface area contributed by atoms with E-state index in [0.29, 0.717) is 32.0 Å². The van der Waals surface area contributed by atoms with Crippen molar-refractivity contribution >= 4 is 11.8 Å². The zero-order valence-corrected chi connectivity index (χ0v) is 17.1. The predicted molar refractivity (Wildman–Crippen MR) is 104 cm³/mol. The van der Waals surface area contributed by atoms with Gasteiger partial charge in [-0.05, 0) is 36.8 Å². The highest BCUT2D eigenvalue weighted by Gasteiger charge is 2.26. The number of hydrogen-bond acceptors (Lipinski definition) is 4. The summed E-state index contributed by atoms with van der Waals surface area (Å²) in [4.78, 5) is 29.2. The molecule has 6 heteroatoms. The maximum Gasteiger partial charge on any atom is 0.242 e. The quantitative estimate of drug-likeness (QED) is 0.627. The third kappa shape index (κ3) is 7.37. The number of amides is 2. The Kier molecular flexibility index (Phi) is 8.35. The summed E-state index contributed by atoms with van der Waals surface area (Å²) in [5.74, 6) is 1.31. The second-order valence-electron chi connectivity index (χ2n) is 8.25. The monoisotopic (exact) mass is 378 g/mol. The van der Waals surface area contributed by atoms with Crippen molar-refractivity contribution in [2.24, 2.45) is 11.8 Å². The van der Waals surface area contributed by atoms with Crippen molar-refractivity contribution < 1.29 is 18.7 Å². The van der Waals surface area contributed by atoms with Crippen LogP contribution < -0.4 is 0 Å². The maximum absolute atomic E-state index is 13.1. The summed E-state index contributed by atoms with van der Waals surface area (Å²) < 4.78 is 11.2. The highest BCUT2D eigenvalue weighted by atomic mass is 16.5. The van der Waals surface area contributed by atoms with E-state index in [1.54, 1.807) is 16.1 Å². The van der Waals surface area contributed by atoms with Gasteiger partial charge in [-0.2, -0.15) is 0 Å². The summed E-state index contributed by atoms with van der Waals surface area (Å²) in [5, 5.41) is 0. The molecule has 0 bridgehead atoms. The fourth-order valence-corrected chi connectivity index (χ4v) is 3.32. The Morgan fingerprint density at radius 1 is 1.15 bits per heavy atom. The number of hydrogen-bond donors (Lipinski definition) is 0. The standard InChI is InChI=1S/C21H34N2O4/c1-16(2)11-20(24)22(12-17(3)4)15-21(25)23(13-18-7-5-9-26-18)14-19-8-6-10-27-19/h5,7,9,16-17,19H,6,8,10-15H2,1-4H3/t19-/m0/s1. The molecular weight excluding hydrogens is 344 g/mol. The van der Waals surface area contributed by atoms with Gasteiger partial charge in [0.2, 0.25) is 11.8 Å². The van der Waals surface area contributed by atoms with Crippen molar-refractivity contribution in [3.05, 3.63) is 24.2 Å². The Balaban J connectivity index is 2.06. The van der Waals surface area contributed by atoms with Crippen LogP contribution in [0.2, 0.25) is 0 Å². The second kappa shape index (κ2) is 10.5. The largest absolute Gasteiger partial charge is 0.467 e. The van der Waals surface area contributed by atoms with E-state index in [4.69, 9.17) is 9.15 Å². The molecule has 0 aliphatic carbocycles. The highest BCUT2D eigenvalue weighted by Crippen LogP contribution is 2.16. The zero-order chi connectivity index (χ0) is 19.8. The van der Waals surface area contributed by atoms with Crippen molar-refractivity contribution in [2.45, 2.75) is 59.6 Å². The van der Waals surface area contributed by atoms with Gasteiger partial charge in [0.25, 0.3) is 0 Å². The smallest absolute Gasteiger partial charge is 0.242 e. The molecule has 2 rings (SSSR count). The first-order valence-electron chi connectivity index (χ1n) is 10.0. The third-order valence-corrected chi connectivity index (χ3v) is 4.57. The van der Waals surface area contributed by atoms with Crippen molar-refractivity contribution in [1.82, 2.24) is 9.80 Å². The van der Waals surface area contributed by atoms with Crippen LogP contribution >= 0.6 is 0 Å². The van der Waals surface area contributed by atoms with Crippen LogP contribution in [0.25, 0.3) is 0 Å². The Hall–Kier alpha value is -1.82. The van der Waals surface area contributed by atoms with E-state index in [1.807, 2.05) is 26.0 Å². The molecule has 1 saturated heterocycles. The molecule has 0 N–H and O–H groups in total. The molecule has 0 radical (unpaired) electrons. The highest BCUT2D eigenvalue weighted by molar-refractivity contribution is 5.85. The number of ether oxygens (including phenoxy) is 1. The van der Waals surface area contributed by atoms with Gasteiger partial charge in [-0.25, -0.2) is 0 Å². The van der Waals surface area contributed by atoms with Crippen LogP contribution in [-0.2, 0) is 20.9 Å². The molecule has 6 nitrogen and oxygen atoms in total. The number of carbonyl (C=O) groups excluding carboxylic acids is 2. The maximum atomic E-state index is 13.1. The van der Waals surface area contributed by atoms with Gasteiger partial charge in [0.1, 0.15) is 5.76 Å². The van der Waals surface area contributed by atoms with E-state index in [1.165, 1.54) is 0 Å². The van der Waals surface area contributed by atoms with E-state index >= 15 is 0 Å². The molecule has 2 heterocycles. The van der Waals surface area contributed by atoms with Gasteiger partial charge in [-0.3, -0.25) is 9.59 Å². The van der Waals surface area contributed by atoms with Crippen LogP contribution in [0, 0.1) is 11.8 Å². The van der Waals surface area contributed by atoms with Gasteiger partial charge in [0.15, 0.2) is 0 Å². The lowest BCUT2D eigenvalue weighted by atomic mass is 10.1. The van der Waals surface area contributed by atoms with Gasteiger partial charge in [0.05, 0.1) is 25.5 Å². The van der Waals surface area contributed by atoms with Gasteiger partial charge < -0.3 is 19.0 Å². The van der Waals surface area contributed by atoms with E-state index in [-0.39, 0.29) is 30.4 Å². The van der Waals surface area contributed by atoms with E-state index < -0.39 is 0 Å². The Morgan fingerprint density at radius 2 is 1.93 bits per heavy atom. The van der Waals surface area contributed by atoms with E-state index in [2.05, 4.69) is 13.8 Å². The van der Waals surface area contributed by atoms with E-state index in [9.17, 15) is 9.59 Å². The predicted octanol–water partition coefficient (Wildman–Crippen LogP) is 3.32. The molecule has 152 valence electrons. The van der Waals surface area contributed by atoms with Crippen molar-refractivity contribution in [1.29, 1.82) is 0 Å². The lowest BCUT2D eigenvalue weighted by Gasteiger charge is -2.30. The fourth-order valence-electron chi connectivity index (χ4n) is 3.32. The van der Waals surface area contributed by atoms with Crippen LogP contribution in [0.3, 0.4) is 0 Å². The molecule has 0 aromatic carbocycles. The molecule has 27 heavy (non-hydrogen) atoms. The first-order chi connectivity index (χ1) is 12.8. The average Bonchev–Trinajstić information content (AvgIpc) is 3.26. The minimum Gasteiger partial charge on any atom is -0.467 e. The Labute approximate surface area is 162 Å². The molecule has 2 amide bonds. The summed E-state index contributed by atoms with van der Waals surface area (Å²) >= 11 is 0. The summed E-state index contributed by atoms with van der Waals surface area (Å²) in [6.07, 6.45) is 4.13. The molecule has 0 saturated carbocycles. The second-order valence-corrected chi connectivity index (χ2v) is 8.25. The Bertz CT molecular complexity index is 577. The summed E-state index contributed by atoms with van der Waals surface area (Å²) in [5.41, 5.74) is 0. The molecule has 1 atom stereocenters. The topological polar surface area (TPSA) is 63.0 Å². The van der Waals surface area contributed by atoms with Crippen LogP contribution in [0.1, 0.15) is 52.7 Å². The van der Waals surface area contributed by atoms with Gasteiger partial charge in [0, 0.05) is 26.1 Å². The summed E-state index contributed by atoms with van der Waals surface area (Å²) in [7, 11) is 0. The lowest BCUT2D eigenvalue weighted by Crippen LogP contribution is -2.46. The fraction of sp³-hybridized carbons (Fsp3) is 0.714. The minimum absolute atomic E-state index is 0.0436. The first kappa shape index (κ1) is 21.5. The van der Waals surface area contributed by atoms with Gasteiger partial charge in [-0.1, -0.05) is 27.7 Å². The SMILES string of the molecule is CC(C)CC(=O)N(CC(=O)N(Cc1ccco1)C[C@@H]1CCCO1)CC(C)C. The molecule has 1 aromatic heterocycles. The molecule has 0 spiro atoms. The molecule has 1 aliphatic rings. The molecule has 1 aromatic rings. The molecule has 1 fully saturated rings. The van der Waals surface area contributed by atoms with E-state index in [0.717, 1.165) is 25.2 Å². The average molecular weight is 379 g/mol. The van der Waals surface area contributed by atoms with Crippen molar-refractivity contribution in [3.8, 4) is 0 Å². The van der Waals surface area contributed by atoms with Gasteiger partial charge >= 0.3 is 0 Å². The molecular formula is C21H34N2O4. The zero-order valence-electron chi connectivity index (χ0n) is 17.1. The van der Waals surface area contributed by atoms with Gasteiger partial charge in [-0.15, -0.1) is 0 Å². The lowest BCUT2D eigenvalue weighted by molar-refractivity contribution is -0.142. The minimum atomic E-state index is -0.0559. The van der Waals surface area contributed by atoms with Crippen LogP contribution in [0.5, 0.6) is 0 Å². The number of furan rings is 1. The summed E-state index contributed by atoms with van der Waals surface area (Å²) in [6, 6.07) is 3.69. The number of rotatable bonds is 10. The van der Waals surface area contributed by atoms with Crippen LogP contribution in [-0.4, -0.2) is 54.0 Å².